The summed E-state index contributed by atoms with van der Waals surface area (Å²) in [6.07, 6.45) is 2.60. The largest absolute Gasteiger partial charge is 0.366 e. The molecule has 0 aliphatic heterocycles. The average Bonchev–Trinajstić information content (AvgIpc) is 2.73. The second-order valence-corrected chi connectivity index (χ2v) is 6.41. The average molecular weight is 407 g/mol. The smallest absolute Gasteiger partial charge is 0.276 e. The van der Waals surface area contributed by atoms with E-state index in [1.54, 1.807) is 13.0 Å². The number of anilines is 1. The lowest BCUT2D eigenvalue weighted by Gasteiger charge is -2.10. The molecule has 152 valence electrons. The summed E-state index contributed by atoms with van der Waals surface area (Å²) in [7, 11) is 0. The number of hydrogen-bond donors (Lipinski definition) is 3. The van der Waals surface area contributed by atoms with Crippen LogP contribution in [0.3, 0.4) is 0 Å². The number of benzene rings is 2. The molecule has 1 aromatic heterocycles. The molecule has 1 heterocycles. The number of amides is 3. The van der Waals surface area contributed by atoms with Crippen LogP contribution in [0.4, 0.5) is 10.1 Å². The van der Waals surface area contributed by atoms with Crippen LogP contribution >= 0.6 is 0 Å². The Hall–Kier alpha value is -4.14. The first-order valence-electron chi connectivity index (χ1n) is 8.90. The number of aromatic nitrogens is 2. The number of carbonyl (C=O) groups is 3. The van der Waals surface area contributed by atoms with Crippen molar-refractivity contribution in [1.82, 2.24) is 15.3 Å². The van der Waals surface area contributed by atoms with Crippen LogP contribution < -0.4 is 16.4 Å². The molecule has 2 aromatic carbocycles. The van der Waals surface area contributed by atoms with E-state index in [0.29, 0.717) is 22.4 Å². The second kappa shape index (κ2) is 8.91. The van der Waals surface area contributed by atoms with E-state index in [0.717, 1.165) is 0 Å². The topological polar surface area (TPSA) is 127 Å². The van der Waals surface area contributed by atoms with E-state index in [9.17, 15) is 18.8 Å². The van der Waals surface area contributed by atoms with Crippen LogP contribution in [0.5, 0.6) is 0 Å². The van der Waals surface area contributed by atoms with Crippen molar-refractivity contribution in [3.05, 3.63) is 88.8 Å². The minimum Gasteiger partial charge on any atom is -0.366 e. The van der Waals surface area contributed by atoms with E-state index in [4.69, 9.17) is 5.73 Å². The van der Waals surface area contributed by atoms with Gasteiger partial charge >= 0.3 is 0 Å². The number of hydrogen-bond acceptors (Lipinski definition) is 5. The molecule has 3 rings (SSSR count). The fourth-order valence-electron chi connectivity index (χ4n) is 2.75. The Bertz CT molecular complexity index is 1120. The quantitative estimate of drug-likeness (QED) is 0.577. The first kappa shape index (κ1) is 20.6. The molecule has 8 nitrogen and oxygen atoms in total. The molecule has 9 heteroatoms. The van der Waals surface area contributed by atoms with Crippen molar-refractivity contribution in [2.75, 3.05) is 5.32 Å². The highest BCUT2D eigenvalue weighted by Crippen LogP contribution is 2.16. The highest BCUT2D eigenvalue weighted by molar-refractivity contribution is 6.10. The molecule has 0 aliphatic carbocycles. The van der Waals surface area contributed by atoms with Crippen LogP contribution in [-0.4, -0.2) is 27.7 Å². The number of halogens is 1. The summed E-state index contributed by atoms with van der Waals surface area (Å²) < 4.78 is 13.0. The first-order chi connectivity index (χ1) is 14.3. The van der Waals surface area contributed by atoms with Gasteiger partial charge in [-0.2, -0.15) is 0 Å². The number of aryl methyl sites for hydroxylation is 1. The zero-order chi connectivity index (χ0) is 21.7. The molecule has 0 unspecified atom stereocenters. The molecule has 3 amide bonds. The minimum atomic E-state index is -0.638. The summed E-state index contributed by atoms with van der Waals surface area (Å²) in [4.78, 5) is 44.4. The Morgan fingerprint density at radius 3 is 2.20 bits per heavy atom. The zero-order valence-corrected chi connectivity index (χ0v) is 16.0. The summed E-state index contributed by atoms with van der Waals surface area (Å²) >= 11 is 0. The standard InChI is InChI=1S/C21H18FN5O3/c1-12-10-15(6-7-16(12)19(23)28)27-21(30)18-17(24-8-9-25-18)20(29)26-11-13-2-4-14(22)5-3-13/h2-10H,11H2,1H3,(H2,23,28)(H,26,29)(H,27,30). The van der Waals surface area contributed by atoms with E-state index >= 15 is 0 Å². The van der Waals surface area contributed by atoms with Crippen LogP contribution in [0.15, 0.2) is 54.9 Å². The van der Waals surface area contributed by atoms with Crippen LogP contribution in [0.25, 0.3) is 0 Å². The van der Waals surface area contributed by atoms with Crippen molar-refractivity contribution >= 4 is 23.4 Å². The van der Waals surface area contributed by atoms with Crippen LogP contribution in [0, 0.1) is 12.7 Å². The molecule has 0 radical (unpaired) electrons. The zero-order valence-electron chi connectivity index (χ0n) is 16.0. The van der Waals surface area contributed by atoms with E-state index in [-0.39, 0.29) is 23.7 Å². The number of nitrogens with one attached hydrogen (secondary N) is 2. The highest BCUT2D eigenvalue weighted by atomic mass is 19.1. The fourth-order valence-corrected chi connectivity index (χ4v) is 2.75. The van der Waals surface area contributed by atoms with Crippen molar-refractivity contribution in [2.45, 2.75) is 13.5 Å². The van der Waals surface area contributed by atoms with Gasteiger partial charge in [0.25, 0.3) is 11.8 Å². The lowest BCUT2D eigenvalue weighted by atomic mass is 10.1. The molecule has 0 spiro atoms. The molecule has 0 atom stereocenters. The highest BCUT2D eigenvalue weighted by Gasteiger charge is 2.20. The summed E-state index contributed by atoms with van der Waals surface area (Å²) in [6.45, 7) is 1.82. The molecular weight excluding hydrogens is 389 g/mol. The van der Waals surface area contributed by atoms with Gasteiger partial charge in [0, 0.05) is 30.2 Å². The number of primary amides is 1. The molecule has 0 fully saturated rings. The number of nitrogens with zero attached hydrogens (tertiary/aromatic N) is 2. The lowest BCUT2D eigenvalue weighted by molar-refractivity contribution is 0.0930. The second-order valence-electron chi connectivity index (χ2n) is 6.41. The SMILES string of the molecule is Cc1cc(NC(=O)c2nccnc2C(=O)NCc2ccc(F)cc2)ccc1C(N)=O. The fraction of sp³-hybridized carbons (Fsp3) is 0.0952. The molecule has 0 saturated carbocycles. The van der Waals surface area contributed by atoms with Crippen molar-refractivity contribution in [1.29, 1.82) is 0 Å². The van der Waals surface area contributed by atoms with Gasteiger partial charge in [-0.25, -0.2) is 14.4 Å². The van der Waals surface area contributed by atoms with Crippen molar-refractivity contribution in [3.8, 4) is 0 Å². The van der Waals surface area contributed by atoms with Crippen LogP contribution in [-0.2, 0) is 6.54 Å². The van der Waals surface area contributed by atoms with Gasteiger partial charge in [0.2, 0.25) is 5.91 Å². The van der Waals surface area contributed by atoms with Gasteiger partial charge in [-0.3, -0.25) is 14.4 Å². The molecule has 0 bridgehead atoms. The molecule has 4 N–H and O–H groups in total. The van der Waals surface area contributed by atoms with Crippen molar-refractivity contribution in [3.63, 3.8) is 0 Å². The predicted octanol–water partition coefficient (Wildman–Crippen LogP) is 2.21. The third kappa shape index (κ3) is 4.82. The molecular formula is C21H18FN5O3. The molecule has 3 aromatic rings. The Morgan fingerprint density at radius 2 is 1.60 bits per heavy atom. The summed E-state index contributed by atoms with van der Waals surface area (Å²) in [5, 5.41) is 5.25. The van der Waals surface area contributed by atoms with Crippen molar-refractivity contribution in [2.24, 2.45) is 5.73 Å². The van der Waals surface area contributed by atoms with E-state index < -0.39 is 17.7 Å². The number of carbonyl (C=O) groups excluding carboxylic acids is 3. The van der Waals surface area contributed by atoms with Crippen LogP contribution in [0.2, 0.25) is 0 Å². The maximum absolute atomic E-state index is 13.0. The third-order valence-corrected chi connectivity index (χ3v) is 4.24. The monoisotopic (exact) mass is 407 g/mol. The normalized spacial score (nSPS) is 10.3. The number of nitrogens with two attached hydrogens (primary N) is 1. The Balaban J connectivity index is 1.74. The van der Waals surface area contributed by atoms with Crippen molar-refractivity contribution < 1.29 is 18.8 Å². The summed E-state index contributed by atoms with van der Waals surface area (Å²) in [5.41, 5.74) is 7.00. The molecule has 0 aliphatic rings. The summed E-state index contributed by atoms with van der Waals surface area (Å²) in [5.74, 6) is -2.18. The van der Waals surface area contributed by atoms with Gasteiger partial charge < -0.3 is 16.4 Å². The van der Waals surface area contributed by atoms with Gasteiger partial charge in [-0.15, -0.1) is 0 Å². The lowest BCUT2D eigenvalue weighted by Crippen LogP contribution is -2.28. The first-order valence-corrected chi connectivity index (χ1v) is 8.90. The van der Waals surface area contributed by atoms with Gasteiger partial charge in [0.15, 0.2) is 11.4 Å². The van der Waals surface area contributed by atoms with Gasteiger partial charge in [0.05, 0.1) is 0 Å². The van der Waals surface area contributed by atoms with Crippen LogP contribution in [0.1, 0.15) is 42.5 Å². The van der Waals surface area contributed by atoms with Gasteiger partial charge in [-0.1, -0.05) is 12.1 Å². The Morgan fingerprint density at radius 1 is 0.967 bits per heavy atom. The maximum Gasteiger partial charge on any atom is 0.276 e. The Kier molecular flexibility index (Phi) is 6.11. The van der Waals surface area contributed by atoms with E-state index in [2.05, 4.69) is 20.6 Å². The van der Waals surface area contributed by atoms with E-state index in [1.807, 2.05) is 0 Å². The van der Waals surface area contributed by atoms with Gasteiger partial charge in [0.1, 0.15) is 5.82 Å². The minimum absolute atomic E-state index is 0.129. The Labute approximate surface area is 171 Å². The van der Waals surface area contributed by atoms with Gasteiger partial charge in [-0.05, 0) is 48.4 Å². The molecule has 30 heavy (non-hydrogen) atoms. The molecule has 0 saturated heterocycles. The van der Waals surface area contributed by atoms with E-state index in [1.165, 1.54) is 48.8 Å². The predicted molar refractivity (Wildman–Crippen MR) is 107 cm³/mol. The number of rotatable bonds is 6. The summed E-state index contributed by atoms with van der Waals surface area (Å²) in [6, 6.07) is 10.3. The third-order valence-electron chi connectivity index (χ3n) is 4.24. The maximum atomic E-state index is 13.0.